The van der Waals surface area contributed by atoms with Crippen LogP contribution in [0.1, 0.15) is 29.0 Å². The van der Waals surface area contributed by atoms with Gasteiger partial charge in [-0.15, -0.1) is 11.3 Å². The first-order chi connectivity index (χ1) is 11.0. The molecule has 1 aromatic heterocycles. The quantitative estimate of drug-likeness (QED) is 0.861. The number of hydrogen-bond acceptors (Lipinski definition) is 3. The largest absolute Gasteiger partial charge is 0.481 e. The smallest absolute Gasteiger partial charge is 0.315 e. The van der Waals surface area contributed by atoms with Crippen LogP contribution in [0.4, 0.5) is 0 Å². The Morgan fingerprint density at radius 2 is 2.00 bits per heavy atom. The van der Waals surface area contributed by atoms with Gasteiger partial charge in [-0.2, -0.15) is 0 Å². The van der Waals surface area contributed by atoms with Crippen molar-refractivity contribution in [2.24, 2.45) is 5.92 Å². The molecule has 1 aliphatic heterocycles. The second-order valence-corrected chi connectivity index (χ2v) is 7.03. The Morgan fingerprint density at radius 3 is 2.65 bits per heavy atom. The zero-order valence-corrected chi connectivity index (χ0v) is 14.1. The van der Waals surface area contributed by atoms with Gasteiger partial charge in [-0.1, -0.05) is 23.7 Å². The van der Waals surface area contributed by atoms with Crippen molar-refractivity contribution in [3.8, 4) is 0 Å². The van der Waals surface area contributed by atoms with Gasteiger partial charge >= 0.3 is 5.97 Å². The number of carbonyl (C=O) groups is 2. The maximum atomic E-state index is 12.6. The van der Waals surface area contributed by atoms with Gasteiger partial charge in [0.1, 0.15) is 5.92 Å². The van der Waals surface area contributed by atoms with E-state index >= 15 is 0 Å². The van der Waals surface area contributed by atoms with Gasteiger partial charge in [0, 0.05) is 16.4 Å². The van der Waals surface area contributed by atoms with Crippen LogP contribution < -0.4 is 0 Å². The van der Waals surface area contributed by atoms with Crippen LogP contribution in [0.5, 0.6) is 0 Å². The standard InChI is InChI=1S/C17H16ClNO3S/c1-10(17(21)22)16(20)19-8-6-14-13(7-9-23-14)15(19)11-2-4-12(18)5-3-11/h2-5,7,9-10,15H,6,8H2,1H3,(H,21,22). The first-order valence-electron chi connectivity index (χ1n) is 7.34. The fraction of sp³-hybridized carbons (Fsp3) is 0.294. The summed E-state index contributed by atoms with van der Waals surface area (Å²) in [5.41, 5.74) is 2.02. The van der Waals surface area contributed by atoms with E-state index in [4.69, 9.17) is 16.7 Å². The number of carboxylic acids is 1. The molecule has 1 aromatic carbocycles. The van der Waals surface area contributed by atoms with Crippen LogP contribution in [0.2, 0.25) is 5.02 Å². The lowest BCUT2D eigenvalue weighted by molar-refractivity contribution is -0.151. The number of carboxylic acid groups (broad SMARTS) is 1. The number of carbonyl (C=O) groups excluding carboxylic acids is 1. The first kappa shape index (κ1) is 16.0. The van der Waals surface area contributed by atoms with Crippen molar-refractivity contribution in [2.75, 3.05) is 6.54 Å². The van der Waals surface area contributed by atoms with Crippen LogP contribution in [0.3, 0.4) is 0 Å². The van der Waals surface area contributed by atoms with Crippen molar-refractivity contribution in [3.63, 3.8) is 0 Å². The number of aliphatic carboxylic acids is 1. The van der Waals surface area contributed by atoms with E-state index in [-0.39, 0.29) is 11.9 Å². The molecule has 2 heterocycles. The number of fused-ring (bicyclic) bond motifs is 1. The van der Waals surface area contributed by atoms with Crippen molar-refractivity contribution in [1.82, 2.24) is 4.90 Å². The summed E-state index contributed by atoms with van der Waals surface area (Å²) in [4.78, 5) is 26.8. The average molecular weight is 350 g/mol. The SMILES string of the molecule is CC(C(=O)O)C(=O)N1CCc2sccc2C1c1ccc(Cl)cc1. The summed E-state index contributed by atoms with van der Waals surface area (Å²) in [5.74, 6) is -2.50. The van der Waals surface area contributed by atoms with Crippen LogP contribution in [0.15, 0.2) is 35.7 Å². The van der Waals surface area contributed by atoms with Gasteiger partial charge in [-0.25, -0.2) is 0 Å². The fourth-order valence-electron chi connectivity index (χ4n) is 2.91. The Bertz CT molecular complexity index is 741. The molecule has 1 amide bonds. The number of thiophene rings is 1. The molecule has 0 aliphatic carbocycles. The number of benzene rings is 1. The average Bonchev–Trinajstić information content (AvgIpc) is 3.02. The topological polar surface area (TPSA) is 57.6 Å². The zero-order valence-electron chi connectivity index (χ0n) is 12.5. The number of halogens is 1. The molecule has 2 unspecified atom stereocenters. The normalized spacial score (nSPS) is 18.3. The number of hydrogen-bond donors (Lipinski definition) is 1. The third-order valence-corrected chi connectivity index (χ3v) is 5.42. The summed E-state index contributed by atoms with van der Waals surface area (Å²) >= 11 is 7.64. The summed E-state index contributed by atoms with van der Waals surface area (Å²) in [5, 5.41) is 11.8. The van der Waals surface area contributed by atoms with Gasteiger partial charge in [0.25, 0.3) is 0 Å². The predicted molar refractivity (Wildman–Crippen MR) is 89.8 cm³/mol. The number of rotatable bonds is 3. The van der Waals surface area contributed by atoms with Crippen molar-refractivity contribution in [2.45, 2.75) is 19.4 Å². The minimum absolute atomic E-state index is 0.253. The summed E-state index contributed by atoms with van der Waals surface area (Å²) in [6.45, 7) is 1.96. The van der Waals surface area contributed by atoms with E-state index in [1.165, 1.54) is 11.8 Å². The highest BCUT2D eigenvalue weighted by atomic mass is 35.5. The van der Waals surface area contributed by atoms with E-state index in [0.29, 0.717) is 11.6 Å². The highest BCUT2D eigenvalue weighted by Crippen LogP contribution is 2.38. The molecular formula is C17H16ClNO3S. The third kappa shape index (κ3) is 2.99. The molecule has 6 heteroatoms. The maximum absolute atomic E-state index is 12.6. The summed E-state index contributed by atoms with van der Waals surface area (Å²) in [6, 6.07) is 9.14. The molecule has 0 saturated carbocycles. The Morgan fingerprint density at radius 1 is 1.30 bits per heavy atom. The minimum Gasteiger partial charge on any atom is -0.481 e. The Hall–Kier alpha value is -1.85. The van der Waals surface area contributed by atoms with Gasteiger partial charge < -0.3 is 10.0 Å². The fourth-order valence-corrected chi connectivity index (χ4v) is 3.94. The summed E-state index contributed by atoms with van der Waals surface area (Å²) < 4.78 is 0. The monoisotopic (exact) mass is 349 g/mol. The van der Waals surface area contributed by atoms with Crippen LogP contribution >= 0.6 is 22.9 Å². The third-order valence-electron chi connectivity index (χ3n) is 4.18. The van der Waals surface area contributed by atoms with Crippen LogP contribution in [0, 0.1) is 5.92 Å². The van der Waals surface area contributed by atoms with E-state index < -0.39 is 11.9 Å². The highest BCUT2D eigenvalue weighted by molar-refractivity contribution is 7.10. The molecule has 0 bridgehead atoms. The molecule has 0 saturated heterocycles. The van der Waals surface area contributed by atoms with Gasteiger partial charge in [0.2, 0.25) is 5.91 Å². The van der Waals surface area contributed by atoms with E-state index in [1.807, 2.05) is 23.6 Å². The molecular weight excluding hydrogens is 334 g/mol. The lowest BCUT2D eigenvalue weighted by Gasteiger charge is -2.37. The minimum atomic E-state index is -1.10. The Balaban J connectivity index is 2.03. The van der Waals surface area contributed by atoms with Crippen LogP contribution in [0.25, 0.3) is 0 Å². The molecule has 3 rings (SSSR count). The predicted octanol–water partition coefficient (Wildman–Crippen LogP) is 3.60. The highest BCUT2D eigenvalue weighted by Gasteiger charge is 2.36. The molecule has 120 valence electrons. The lowest BCUT2D eigenvalue weighted by atomic mass is 9.92. The van der Waals surface area contributed by atoms with E-state index in [1.54, 1.807) is 28.4 Å². The number of amides is 1. The molecule has 0 radical (unpaired) electrons. The molecule has 1 aliphatic rings. The van der Waals surface area contributed by atoms with Crippen molar-refractivity contribution in [1.29, 1.82) is 0 Å². The molecule has 0 fully saturated rings. The van der Waals surface area contributed by atoms with Crippen molar-refractivity contribution < 1.29 is 14.7 Å². The molecule has 23 heavy (non-hydrogen) atoms. The van der Waals surface area contributed by atoms with Crippen molar-refractivity contribution >= 4 is 34.8 Å². The summed E-state index contributed by atoms with van der Waals surface area (Å²) in [7, 11) is 0. The van der Waals surface area contributed by atoms with E-state index in [0.717, 1.165) is 17.5 Å². The van der Waals surface area contributed by atoms with Crippen molar-refractivity contribution in [3.05, 3.63) is 56.7 Å². The molecule has 0 spiro atoms. The second kappa shape index (κ2) is 6.34. The van der Waals surface area contributed by atoms with Gasteiger partial charge in [0.15, 0.2) is 0 Å². The maximum Gasteiger partial charge on any atom is 0.315 e. The Kier molecular flexibility index (Phi) is 4.41. The zero-order chi connectivity index (χ0) is 16.6. The molecule has 2 atom stereocenters. The van der Waals surface area contributed by atoms with E-state index in [2.05, 4.69) is 0 Å². The van der Waals surface area contributed by atoms with E-state index in [9.17, 15) is 9.59 Å². The van der Waals surface area contributed by atoms with Gasteiger partial charge in [0.05, 0.1) is 6.04 Å². The lowest BCUT2D eigenvalue weighted by Crippen LogP contribution is -2.44. The Labute approximate surface area is 143 Å². The first-order valence-corrected chi connectivity index (χ1v) is 8.60. The van der Waals surface area contributed by atoms with Gasteiger partial charge in [-0.05, 0) is 48.1 Å². The number of nitrogens with zero attached hydrogens (tertiary/aromatic N) is 1. The van der Waals surface area contributed by atoms with Crippen LogP contribution in [-0.4, -0.2) is 28.4 Å². The second-order valence-electron chi connectivity index (χ2n) is 5.59. The molecule has 4 nitrogen and oxygen atoms in total. The molecule has 2 aromatic rings. The molecule has 1 N–H and O–H groups in total. The summed E-state index contributed by atoms with van der Waals surface area (Å²) in [6.07, 6.45) is 0.759. The van der Waals surface area contributed by atoms with Gasteiger partial charge in [-0.3, -0.25) is 9.59 Å². The van der Waals surface area contributed by atoms with Crippen LogP contribution in [-0.2, 0) is 16.0 Å².